The fourth-order valence-electron chi connectivity index (χ4n) is 2.67. The maximum Gasteiger partial charge on any atom is 0.450 e. The molecule has 2 aromatic carbocycles. The van der Waals surface area contributed by atoms with Gasteiger partial charge in [-0.05, 0) is 29.8 Å². The maximum atomic E-state index is 13.5. The van der Waals surface area contributed by atoms with Crippen molar-refractivity contribution in [3.8, 4) is 16.9 Å². The molecule has 0 fully saturated rings. The van der Waals surface area contributed by atoms with Gasteiger partial charge in [0.15, 0.2) is 10.7 Å². The second-order valence-corrected chi connectivity index (χ2v) is 6.87. The van der Waals surface area contributed by atoms with Crippen molar-refractivity contribution in [2.45, 2.75) is 6.18 Å². The summed E-state index contributed by atoms with van der Waals surface area (Å²) in [7, 11) is -2.84. The summed E-state index contributed by atoms with van der Waals surface area (Å²) in [5, 5.41) is 11.4. The number of thiol groups is 1. The Morgan fingerprint density at radius 2 is 1.76 bits per heavy atom. The summed E-state index contributed by atoms with van der Waals surface area (Å²) in [4.78, 5) is 24.6. The molecule has 0 spiro atoms. The molecule has 0 radical (unpaired) electrons. The van der Waals surface area contributed by atoms with Gasteiger partial charge in [0.25, 0.3) is 5.91 Å². The maximum absolute atomic E-state index is 13.5. The van der Waals surface area contributed by atoms with Crippen molar-refractivity contribution >= 4 is 27.6 Å². The van der Waals surface area contributed by atoms with Crippen molar-refractivity contribution in [2.75, 3.05) is 5.88 Å². The number of carbonyl (C=O) groups is 1. The van der Waals surface area contributed by atoms with Crippen LogP contribution in [-0.2, 0) is 16.9 Å². The fourth-order valence-corrected chi connectivity index (χ4v) is 2.94. The second-order valence-electron chi connectivity index (χ2n) is 5.89. The van der Waals surface area contributed by atoms with E-state index in [0.717, 1.165) is 42.5 Å². The van der Waals surface area contributed by atoms with Gasteiger partial charge in [-0.15, -0.1) is 0 Å². The first-order valence-electron chi connectivity index (χ1n) is 7.95. The van der Waals surface area contributed by atoms with Gasteiger partial charge in [0.1, 0.15) is 17.2 Å². The van der Waals surface area contributed by atoms with Gasteiger partial charge in [-0.25, -0.2) is 8.42 Å². The Bertz CT molecular complexity index is 1220. The molecule has 0 aliphatic heterocycles. The molecule has 0 aliphatic rings. The predicted molar refractivity (Wildman–Crippen MR) is 97.2 cm³/mol. The molecule has 3 rings (SSSR count). The van der Waals surface area contributed by atoms with E-state index in [-0.39, 0.29) is 22.3 Å². The number of phenolic OH excluding ortho intramolecular Hbond substituents is 1. The van der Waals surface area contributed by atoms with Crippen LogP contribution in [0.25, 0.3) is 22.1 Å². The van der Waals surface area contributed by atoms with Gasteiger partial charge in [0, 0.05) is 11.6 Å². The number of halogens is 3. The third-order valence-corrected chi connectivity index (χ3v) is 4.35. The quantitative estimate of drug-likeness (QED) is 0.552. The lowest BCUT2D eigenvalue weighted by molar-refractivity contribution is -0.152. The zero-order valence-corrected chi connectivity index (χ0v) is 15.2. The van der Waals surface area contributed by atoms with Crippen molar-refractivity contribution < 1.29 is 35.9 Å². The molecule has 7 nitrogen and oxygen atoms in total. The van der Waals surface area contributed by atoms with E-state index in [0.29, 0.717) is 0 Å². The topological polar surface area (TPSA) is 114 Å². The standard InChI is InChI=1S/C18H12F3NO6S/c19-18(20,21)16-14(15(24)12-6-5-11(23)7-13(12)28-16)9-1-3-10(4-2-9)17(25)22-8-29(26)27/h1-7,23,29H,8H2,(H,22,25). The molecule has 29 heavy (non-hydrogen) atoms. The highest BCUT2D eigenvalue weighted by molar-refractivity contribution is 7.72. The molecule has 0 bridgehead atoms. The van der Waals surface area contributed by atoms with Crippen molar-refractivity contribution in [2.24, 2.45) is 0 Å². The Kier molecular flexibility index (Phi) is 5.33. The van der Waals surface area contributed by atoms with Gasteiger partial charge in [0.05, 0.1) is 10.9 Å². The van der Waals surface area contributed by atoms with Crippen LogP contribution in [0.5, 0.6) is 5.75 Å². The largest absolute Gasteiger partial charge is 0.508 e. The molecule has 1 heterocycles. The number of hydrogen-bond donors (Lipinski definition) is 3. The van der Waals surface area contributed by atoms with Crippen LogP contribution in [-0.4, -0.2) is 25.3 Å². The minimum atomic E-state index is -5.00. The van der Waals surface area contributed by atoms with Gasteiger partial charge in [-0.2, -0.15) is 13.2 Å². The Morgan fingerprint density at radius 3 is 2.34 bits per heavy atom. The van der Waals surface area contributed by atoms with Crippen LogP contribution in [0.4, 0.5) is 13.2 Å². The van der Waals surface area contributed by atoms with E-state index in [1.165, 1.54) is 0 Å². The molecule has 0 aliphatic carbocycles. The van der Waals surface area contributed by atoms with E-state index >= 15 is 0 Å². The van der Waals surface area contributed by atoms with Crippen LogP contribution >= 0.6 is 0 Å². The Morgan fingerprint density at radius 1 is 1.10 bits per heavy atom. The molecule has 152 valence electrons. The van der Waals surface area contributed by atoms with Crippen LogP contribution in [0.1, 0.15) is 16.1 Å². The average Bonchev–Trinajstić information content (AvgIpc) is 2.65. The monoisotopic (exact) mass is 427 g/mol. The first-order chi connectivity index (χ1) is 13.6. The van der Waals surface area contributed by atoms with Crippen molar-refractivity contribution in [3.05, 3.63) is 64.0 Å². The number of carbonyl (C=O) groups excluding carboxylic acids is 1. The van der Waals surface area contributed by atoms with E-state index in [1.54, 1.807) is 0 Å². The molecule has 2 N–H and O–H groups in total. The number of aromatic hydroxyl groups is 1. The molecular formula is C18H12F3NO6S. The predicted octanol–water partition coefficient (Wildman–Crippen LogP) is 2.48. The number of amides is 1. The minimum Gasteiger partial charge on any atom is -0.508 e. The van der Waals surface area contributed by atoms with Crippen LogP contribution < -0.4 is 10.7 Å². The van der Waals surface area contributed by atoms with Gasteiger partial charge in [-0.1, -0.05) is 12.1 Å². The lowest BCUT2D eigenvalue weighted by atomic mass is 10.00. The zero-order chi connectivity index (χ0) is 21.3. The summed E-state index contributed by atoms with van der Waals surface area (Å²) < 4.78 is 66.5. The number of hydrogen-bond acceptors (Lipinski definition) is 6. The van der Waals surface area contributed by atoms with Crippen LogP contribution in [0.2, 0.25) is 0 Å². The molecule has 11 heteroatoms. The van der Waals surface area contributed by atoms with E-state index in [2.05, 4.69) is 5.32 Å². The van der Waals surface area contributed by atoms with Crippen LogP contribution in [0.3, 0.4) is 0 Å². The first kappa shape index (κ1) is 20.4. The van der Waals surface area contributed by atoms with Gasteiger partial charge < -0.3 is 14.8 Å². The smallest absolute Gasteiger partial charge is 0.450 e. The third-order valence-electron chi connectivity index (χ3n) is 3.94. The molecular weight excluding hydrogens is 415 g/mol. The summed E-state index contributed by atoms with van der Waals surface area (Å²) in [6.07, 6.45) is -5.00. The van der Waals surface area contributed by atoms with Gasteiger partial charge in [-0.3, -0.25) is 9.59 Å². The Hall–Kier alpha value is -3.34. The first-order valence-corrected chi connectivity index (χ1v) is 9.31. The van der Waals surface area contributed by atoms with E-state index in [4.69, 9.17) is 4.42 Å². The molecule has 1 amide bonds. The van der Waals surface area contributed by atoms with Gasteiger partial charge in [0.2, 0.25) is 11.2 Å². The molecule has 0 saturated carbocycles. The van der Waals surface area contributed by atoms with E-state index in [1.807, 2.05) is 0 Å². The summed E-state index contributed by atoms with van der Waals surface area (Å²) in [5.41, 5.74) is -2.28. The van der Waals surface area contributed by atoms with Crippen molar-refractivity contribution in [3.63, 3.8) is 0 Å². The number of benzene rings is 2. The summed E-state index contributed by atoms with van der Waals surface area (Å²) in [6, 6.07) is 7.76. The average molecular weight is 427 g/mol. The SMILES string of the molecule is O=C(NC[SH](=O)=O)c1ccc(-c2c(C(F)(F)F)oc3cc(O)ccc3c2=O)cc1. The number of fused-ring (bicyclic) bond motifs is 1. The number of phenols is 1. The highest BCUT2D eigenvalue weighted by Crippen LogP contribution is 2.37. The molecule has 1 aromatic heterocycles. The van der Waals surface area contributed by atoms with Crippen LogP contribution in [0, 0.1) is 0 Å². The van der Waals surface area contributed by atoms with Crippen LogP contribution in [0.15, 0.2) is 51.7 Å². The van der Waals surface area contributed by atoms with E-state index in [9.17, 15) is 36.3 Å². The van der Waals surface area contributed by atoms with Gasteiger partial charge >= 0.3 is 6.18 Å². The molecule has 0 saturated heterocycles. The third kappa shape index (κ3) is 4.24. The normalized spacial score (nSPS) is 11.7. The Balaban J connectivity index is 2.13. The summed E-state index contributed by atoms with van der Waals surface area (Å²) in [5.74, 6) is -3.24. The highest BCUT2D eigenvalue weighted by atomic mass is 32.2. The van der Waals surface area contributed by atoms with E-state index < -0.39 is 51.0 Å². The summed E-state index contributed by atoms with van der Waals surface area (Å²) >= 11 is 0. The minimum absolute atomic E-state index is 0.00532. The number of alkyl halides is 3. The lowest BCUT2D eigenvalue weighted by Crippen LogP contribution is -2.25. The Labute approximate surface area is 162 Å². The second kappa shape index (κ2) is 7.59. The highest BCUT2D eigenvalue weighted by Gasteiger charge is 2.39. The van der Waals surface area contributed by atoms with Crippen molar-refractivity contribution in [1.29, 1.82) is 0 Å². The summed E-state index contributed by atoms with van der Waals surface area (Å²) in [6.45, 7) is 0. The number of nitrogens with one attached hydrogen (secondary N) is 1. The lowest BCUT2D eigenvalue weighted by Gasteiger charge is -2.13. The molecule has 0 unspecified atom stereocenters. The fraction of sp³-hybridized carbons (Fsp3) is 0.111. The zero-order valence-electron chi connectivity index (χ0n) is 14.3. The molecule has 3 aromatic rings. The van der Waals surface area contributed by atoms with Crippen molar-refractivity contribution in [1.82, 2.24) is 5.32 Å². The number of rotatable bonds is 4. The molecule has 0 atom stereocenters.